The molecular weight excluding hydrogens is 391 g/mol. The first-order valence-electron chi connectivity index (χ1n) is 9.70. The van der Waals surface area contributed by atoms with Crippen LogP contribution in [-0.4, -0.2) is 13.5 Å². The second-order valence-electron chi connectivity index (χ2n) is 7.40. The van der Waals surface area contributed by atoms with Crippen LogP contribution >= 0.6 is 22.2 Å². The summed E-state index contributed by atoms with van der Waals surface area (Å²) in [7, 11) is 0. The number of unbranched alkanes of at least 4 members (excludes halogenated alkanes) is 3. The van der Waals surface area contributed by atoms with Gasteiger partial charge in [0.2, 0.25) is 0 Å². The van der Waals surface area contributed by atoms with Crippen LogP contribution in [0.4, 0.5) is 0 Å². The lowest BCUT2D eigenvalue weighted by molar-refractivity contribution is 0.314. The van der Waals surface area contributed by atoms with Gasteiger partial charge < -0.3 is 4.43 Å². The van der Waals surface area contributed by atoms with Gasteiger partial charge in [-0.25, -0.2) is 0 Å². The Hall–Kier alpha value is -1.32. The summed E-state index contributed by atoms with van der Waals surface area (Å²) in [6.07, 6.45) is 5.70. The van der Waals surface area contributed by atoms with Gasteiger partial charge in [0.05, 0.1) is 0 Å². The molecule has 0 bridgehead atoms. The Bertz CT molecular complexity index is 1040. The average Bonchev–Trinajstić information content (AvgIpc) is 2.65. The van der Waals surface area contributed by atoms with Crippen molar-refractivity contribution in [1.82, 2.24) is 0 Å². The maximum Gasteiger partial charge on any atom is 0.386 e. The smallest absolute Gasteiger partial charge is 0.386 e. The van der Waals surface area contributed by atoms with E-state index < -0.39 is 6.94 Å². The Kier molecular flexibility index (Phi) is 5.61. The fourth-order valence-corrected chi connectivity index (χ4v) is 5.00. The Morgan fingerprint density at radius 3 is 2.11 bits per heavy atom. The van der Waals surface area contributed by atoms with Gasteiger partial charge in [-0.2, -0.15) is 0 Å². The molecule has 4 aromatic rings. The molecule has 27 heavy (non-hydrogen) atoms. The SMILES string of the molecule is C[Si](Cl)(Cl)OCCCCCCc1ccc2ccc3cccc4ccc1c2c34. The van der Waals surface area contributed by atoms with E-state index in [2.05, 4.69) is 54.6 Å². The third kappa shape index (κ3) is 4.24. The average molecular weight is 415 g/mol. The number of benzene rings is 4. The summed E-state index contributed by atoms with van der Waals surface area (Å²) in [4.78, 5) is 0. The van der Waals surface area contributed by atoms with Gasteiger partial charge in [-0.1, -0.05) is 67.4 Å². The van der Waals surface area contributed by atoms with Gasteiger partial charge in [-0.05, 0) is 63.7 Å². The van der Waals surface area contributed by atoms with Crippen molar-refractivity contribution in [3.63, 3.8) is 0 Å². The van der Waals surface area contributed by atoms with Crippen LogP contribution in [0.15, 0.2) is 54.6 Å². The van der Waals surface area contributed by atoms with Crippen molar-refractivity contribution < 1.29 is 4.43 Å². The third-order valence-electron chi connectivity index (χ3n) is 5.31. The summed E-state index contributed by atoms with van der Waals surface area (Å²) in [5.41, 5.74) is 1.46. The van der Waals surface area contributed by atoms with E-state index in [9.17, 15) is 0 Å². The van der Waals surface area contributed by atoms with Crippen LogP contribution in [0.3, 0.4) is 0 Å². The zero-order chi connectivity index (χ0) is 18.9. The lowest BCUT2D eigenvalue weighted by Crippen LogP contribution is -2.19. The molecule has 0 fully saturated rings. The van der Waals surface area contributed by atoms with E-state index in [-0.39, 0.29) is 0 Å². The van der Waals surface area contributed by atoms with Crippen molar-refractivity contribution in [2.45, 2.75) is 38.7 Å². The minimum Gasteiger partial charge on any atom is -0.392 e. The van der Waals surface area contributed by atoms with E-state index in [1.165, 1.54) is 50.7 Å². The summed E-state index contributed by atoms with van der Waals surface area (Å²) in [5, 5.41) is 8.23. The summed E-state index contributed by atoms with van der Waals surface area (Å²) in [5.74, 6) is 0. The lowest BCUT2D eigenvalue weighted by Gasteiger charge is -2.14. The molecule has 0 unspecified atom stereocenters. The minimum atomic E-state index is -2.40. The van der Waals surface area contributed by atoms with Crippen LogP contribution in [0.1, 0.15) is 31.2 Å². The van der Waals surface area contributed by atoms with E-state index in [1.54, 1.807) is 6.55 Å². The molecular formula is C23H24Cl2OSi. The fraction of sp³-hybridized carbons (Fsp3) is 0.304. The van der Waals surface area contributed by atoms with Crippen molar-refractivity contribution >= 4 is 61.4 Å². The molecule has 140 valence electrons. The maximum absolute atomic E-state index is 5.96. The summed E-state index contributed by atoms with van der Waals surface area (Å²) >= 11 is 11.9. The predicted molar refractivity (Wildman–Crippen MR) is 122 cm³/mol. The number of aryl methyl sites for hydroxylation is 1. The Morgan fingerprint density at radius 1 is 0.741 bits per heavy atom. The van der Waals surface area contributed by atoms with Gasteiger partial charge in [0.25, 0.3) is 0 Å². The van der Waals surface area contributed by atoms with Crippen LogP contribution < -0.4 is 0 Å². The monoisotopic (exact) mass is 414 g/mol. The highest BCUT2D eigenvalue weighted by atomic mass is 35.7. The highest BCUT2D eigenvalue weighted by Crippen LogP contribution is 2.36. The first-order valence-corrected chi connectivity index (χ1v) is 14.1. The summed E-state index contributed by atoms with van der Waals surface area (Å²) < 4.78 is 5.49. The van der Waals surface area contributed by atoms with E-state index in [4.69, 9.17) is 26.6 Å². The zero-order valence-corrected chi connectivity index (χ0v) is 18.1. The van der Waals surface area contributed by atoms with Gasteiger partial charge >= 0.3 is 6.94 Å². The minimum absolute atomic E-state index is 0.675. The van der Waals surface area contributed by atoms with Gasteiger partial charge in [0, 0.05) is 6.61 Å². The second-order valence-corrected chi connectivity index (χ2v) is 14.2. The van der Waals surface area contributed by atoms with Crippen molar-refractivity contribution in [3.05, 3.63) is 60.2 Å². The molecule has 4 rings (SSSR count). The van der Waals surface area contributed by atoms with E-state index >= 15 is 0 Å². The quantitative estimate of drug-likeness (QED) is 0.124. The summed E-state index contributed by atoms with van der Waals surface area (Å²) in [6, 6.07) is 20.2. The van der Waals surface area contributed by atoms with Crippen molar-refractivity contribution in [3.8, 4) is 0 Å². The van der Waals surface area contributed by atoms with Crippen molar-refractivity contribution in [2.24, 2.45) is 0 Å². The Labute approximate surface area is 171 Å². The lowest BCUT2D eigenvalue weighted by atomic mass is 9.90. The second kappa shape index (κ2) is 7.96. The molecule has 0 amide bonds. The highest BCUT2D eigenvalue weighted by Gasteiger charge is 2.21. The standard InChI is InChI=1S/C23H24Cl2OSi/c1-27(24,25)26-16-5-3-2-4-7-17-10-11-20-13-12-18-8-6-9-19-14-15-21(17)23(20)22(18)19/h6,8-15H,2-5,7,16H2,1H3. The van der Waals surface area contributed by atoms with E-state index in [0.29, 0.717) is 6.61 Å². The topological polar surface area (TPSA) is 9.23 Å². The van der Waals surface area contributed by atoms with Crippen LogP contribution in [0.2, 0.25) is 6.55 Å². The van der Waals surface area contributed by atoms with Crippen LogP contribution in [0.5, 0.6) is 0 Å². The van der Waals surface area contributed by atoms with Crippen LogP contribution in [-0.2, 0) is 10.8 Å². The molecule has 1 nitrogen and oxygen atoms in total. The van der Waals surface area contributed by atoms with Gasteiger partial charge in [0.1, 0.15) is 0 Å². The Balaban J connectivity index is 1.47. The molecule has 0 aliphatic heterocycles. The molecule has 0 aliphatic rings. The molecule has 0 N–H and O–H groups in total. The number of rotatable bonds is 8. The van der Waals surface area contributed by atoms with Gasteiger partial charge in [-0.3, -0.25) is 0 Å². The molecule has 4 aromatic carbocycles. The normalized spacial score (nSPS) is 12.6. The van der Waals surface area contributed by atoms with Gasteiger partial charge in [0.15, 0.2) is 0 Å². The van der Waals surface area contributed by atoms with Crippen molar-refractivity contribution in [1.29, 1.82) is 0 Å². The largest absolute Gasteiger partial charge is 0.392 e. The van der Waals surface area contributed by atoms with Crippen LogP contribution in [0.25, 0.3) is 32.3 Å². The number of hydrogen-bond donors (Lipinski definition) is 0. The Morgan fingerprint density at radius 2 is 1.37 bits per heavy atom. The maximum atomic E-state index is 5.96. The molecule has 0 atom stereocenters. The number of halogens is 2. The molecule has 0 saturated heterocycles. The fourth-order valence-electron chi connectivity index (χ4n) is 4.04. The van der Waals surface area contributed by atoms with Gasteiger partial charge in [-0.15, -0.1) is 22.2 Å². The number of hydrogen-bond acceptors (Lipinski definition) is 1. The molecule has 0 aromatic heterocycles. The molecule has 0 saturated carbocycles. The molecule has 0 spiro atoms. The molecule has 0 aliphatic carbocycles. The summed E-state index contributed by atoms with van der Waals surface area (Å²) in [6.45, 7) is 0.0736. The molecule has 0 radical (unpaired) electrons. The molecule has 4 heteroatoms. The first-order chi connectivity index (χ1) is 13.0. The molecule has 0 heterocycles. The van der Waals surface area contributed by atoms with E-state index in [0.717, 1.165) is 19.3 Å². The van der Waals surface area contributed by atoms with E-state index in [1.807, 2.05) is 0 Å². The highest BCUT2D eigenvalue weighted by molar-refractivity contribution is 7.41. The van der Waals surface area contributed by atoms with Crippen LogP contribution in [0, 0.1) is 0 Å². The van der Waals surface area contributed by atoms with Crippen molar-refractivity contribution in [2.75, 3.05) is 6.61 Å². The predicted octanol–water partition coefficient (Wildman–Crippen LogP) is 7.75. The third-order valence-corrected chi connectivity index (χ3v) is 6.68. The zero-order valence-electron chi connectivity index (χ0n) is 15.6. The first kappa shape index (κ1) is 19.0.